The summed E-state index contributed by atoms with van der Waals surface area (Å²) in [5.74, 6) is 1.92. The van der Waals surface area contributed by atoms with E-state index in [9.17, 15) is 0 Å². The van der Waals surface area contributed by atoms with Crippen LogP contribution in [0.2, 0.25) is 10.0 Å². The van der Waals surface area contributed by atoms with Gasteiger partial charge in [-0.25, -0.2) is 0 Å². The molecule has 0 unspecified atom stereocenters. The van der Waals surface area contributed by atoms with Gasteiger partial charge in [-0.3, -0.25) is 0 Å². The fraction of sp³-hybridized carbons (Fsp3) is 1.00. The second kappa shape index (κ2) is 10.7. The van der Waals surface area contributed by atoms with Crippen LogP contribution in [0.25, 0.3) is 0 Å². The van der Waals surface area contributed by atoms with Gasteiger partial charge in [0.25, 0.3) is 0 Å². The summed E-state index contributed by atoms with van der Waals surface area (Å²) in [4.78, 5) is 15.7. The van der Waals surface area contributed by atoms with Gasteiger partial charge in [0, 0.05) is 0 Å². The van der Waals surface area contributed by atoms with Crippen molar-refractivity contribution in [2.45, 2.75) is 44.1 Å². The normalized spacial score (nSPS) is 11.0. The van der Waals surface area contributed by atoms with Crippen LogP contribution < -0.4 is 0 Å². The molecular weight excluding hydrogens is 301 g/mol. The Morgan fingerprint density at radius 1 is 1.20 bits per heavy atom. The molecule has 0 amide bonds. The van der Waals surface area contributed by atoms with Gasteiger partial charge in [-0.15, -0.1) is 0 Å². The molecule has 90 valence electrons. The predicted molar refractivity (Wildman–Crippen MR) is 71.6 cm³/mol. The molecule has 0 atom stereocenters. The van der Waals surface area contributed by atoms with Crippen molar-refractivity contribution in [3.8, 4) is 0 Å². The van der Waals surface area contributed by atoms with Gasteiger partial charge in [-0.1, -0.05) is 12.2 Å². The summed E-state index contributed by atoms with van der Waals surface area (Å²) in [6, 6.07) is 0. The van der Waals surface area contributed by atoms with Crippen molar-refractivity contribution in [1.29, 1.82) is 0 Å². The Labute approximate surface area is 112 Å². The molecule has 0 bridgehead atoms. The van der Waals surface area contributed by atoms with Crippen LogP contribution >= 0.6 is 17.9 Å². The SMILES string of the molecule is CC(C)C[CH2][Zn][CH2]C(C)C.OP(O)(=S)S. The van der Waals surface area contributed by atoms with Gasteiger partial charge < -0.3 is 9.79 Å². The minimum atomic E-state index is -3.11. The second-order valence-electron chi connectivity index (χ2n) is 4.59. The van der Waals surface area contributed by atoms with E-state index in [2.05, 4.69) is 51.8 Å². The topological polar surface area (TPSA) is 40.5 Å². The molecule has 0 aromatic rings. The molecule has 0 aliphatic rings. The third kappa shape index (κ3) is 39.1. The molecule has 2 N–H and O–H groups in total. The van der Waals surface area contributed by atoms with Crippen molar-refractivity contribution in [3.63, 3.8) is 0 Å². The molecule has 0 aliphatic heterocycles. The monoisotopic (exact) mass is 322 g/mol. The van der Waals surface area contributed by atoms with Crippen LogP contribution in [0.4, 0.5) is 0 Å². The van der Waals surface area contributed by atoms with Gasteiger partial charge in [0.2, 0.25) is 5.69 Å². The van der Waals surface area contributed by atoms with Gasteiger partial charge in [-0.2, -0.15) is 0 Å². The van der Waals surface area contributed by atoms with Crippen LogP contribution in [0.1, 0.15) is 34.1 Å². The average Bonchev–Trinajstić information content (AvgIpc) is 1.94. The first-order valence-electron chi connectivity index (χ1n) is 5.41. The summed E-state index contributed by atoms with van der Waals surface area (Å²) in [5.41, 5.74) is -3.11. The van der Waals surface area contributed by atoms with E-state index in [4.69, 9.17) is 9.79 Å². The van der Waals surface area contributed by atoms with E-state index in [1.165, 1.54) is 6.42 Å². The van der Waals surface area contributed by atoms with Crippen LogP contribution in [0.15, 0.2) is 0 Å². The van der Waals surface area contributed by atoms with Gasteiger partial charge in [0.15, 0.2) is 0 Å². The van der Waals surface area contributed by atoms with Crippen LogP contribution in [0.3, 0.4) is 0 Å². The minimum absolute atomic E-state index is 0.0659. The first-order chi connectivity index (χ1) is 6.63. The van der Waals surface area contributed by atoms with E-state index >= 15 is 0 Å². The molecule has 0 rings (SSSR count). The zero-order chi connectivity index (χ0) is 12.5. The Kier molecular flexibility index (Phi) is 13.5. The Morgan fingerprint density at radius 3 is 1.87 bits per heavy atom. The van der Waals surface area contributed by atoms with E-state index < -0.39 is 5.69 Å². The van der Waals surface area contributed by atoms with Crippen molar-refractivity contribution in [2.75, 3.05) is 0 Å². The average molecular weight is 324 g/mol. The quantitative estimate of drug-likeness (QED) is 0.312. The van der Waals surface area contributed by atoms with Crippen LogP contribution in [0, 0.1) is 11.8 Å². The first kappa shape index (κ1) is 18.9. The van der Waals surface area contributed by atoms with Crippen molar-refractivity contribution >= 4 is 29.7 Å². The molecule has 0 saturated carbocycles. The summed E-state index contributed by atoms with van der Waals surface area (Å²) < 4.78 is 0. The molecule has 0 radical (unpaired) electrons. The maximum Gasteiger partial charge on any atom is 0.239 e. The molecule has 0 aromatic carbocycles. The largest absolute Gasteiger partial charge is 0.338 e. The van der Waals surface area contributed by atoms with Gasteiger partial charge >= 0.3 is 73.1 Å². The van der Waals surface area contributed by atoms with E-state index in [0.29, 0.717) is 0 Å². The minimum Gasteiger partial charge on any atom is -0.338 e. The molecule has 0 aromatic heterocycles. The standard InChI is InChI=1S/C5H11.C4H9.H3O2PS2.Zn/c1-4-5(2)3;1-4(2)3;1-3(2,4)5;/h5H,1,4H2,2-3H3;4H,1H2,2-3H3;(H3,1,2,4,5);. The van der Waals surface area contributed by atoms with Gasteiger partial charge in [-0.05, 0) is 11.8 Å². The number of hydrogen-bond donors (Lipinski definition) is 3. The molecule has 0 fully saturated rings. The van der Waals surface area contributed by atoms with Crippen LogP contribution in [-0.2, 0) is 28.9 Å². The Bertz CT molecular complexity index is 165. The van der Waals surface area contributed by atoms with Crippen molar-refractivity contribution in [1.82, 2.24) is 0 Å². The summed E-state index contributed by atoms with van der Waals surface area (Å²) in [7, 11) is 0. The number of thiol groups is 1. The molecule has 0 heterocycles. The number of rotatable bonds is 5. The summed E-state index contributed by atoms with van der Waals surface area (Å²) in [5, 5.41) is 3.21. The fourth-order valence-corrected chi connectivity index (χ4v) is 5.74. The van der Waals surface area contributed by atoms with E-state index in [0.717, 1.165) is 11.8 Å². The van der Waals surface area contributed by atoms with E-state index in [1.807, 2.05) is 0 Å². The van der Waals surface area contributed by atoms with Gasteiger partial charge in [0.05, 0.1) is 0 Å². The summed E-state index contributed by atoms with van der Waals surface area (Å²) >= 11 is 7.01. The molecule has 6 heteroatoms. The molecule has 0 spiro atoms. The summed E-state index contributed by atoms with van der Waals surface area (Å²) in [6.07, 6.45) is 1.49. The van der Waals surface area contributed by atoms with Gasteiger partial charge in [0.1, 0.15) is 0 Å². The second-order valence-corrected chi connectivity index (χ2v) is 13.8. The molecule has 0 saturated heterocycles. The molecule has 15 heavy (non-hydrogen) atoms. The van der Waals surface area contributed by atoms with Crippen LogP contribution in [-0.4, -0.2) is 9.79 Å². The zero-order valence-corrected chi connectivity index (χ0v) is 15.8. The Hall–Kier alpha value is 1.54. The maximum atomic E-state index is 7.87. The van der Waals surface area contributed by atoms with E-state index in [-0.39, 0.29) is 17.1 Å². The Morgan fingerprint density at radius 2 is 1.60 bits per heavy atom. The third-order valence-corrected chi connectivity index (χ3v) is 7.00. The molecular formula is C9H23O2PS2Zn. The third-order valence-electron chi connectivity index (χ3n) is 1.81. The van der Waals surface area contributed by atoms with Crippen molar-refractivity contribution < 1.29 is 26.9 Å². The predicted octanol–water partition coefficient (Wildman–Crippen LogP) is 3.73. The molecule has 2 nitrogen and oxygen atoms in total. The van der Waals surface area contributed by atoms with Crippen LogP contribution in [0.5, 0.6) is 0 Å². The Balaban J connectivity index is 0. The smallest absolute Gasteiger partial charge is 0.239 e. The summed E-state index contributed by atoms with van der Waals surface area (Å²) in [6.45, 7) is 9.36. The molecule has 0 aliphatic carbocycles. The zero-order valence-electron chi connectivity index (χ0n) is 10.2. The number of hydrogen-bond acceptors (Lipinski definition) is 1. The fourth-order valence-electron chi connectivity index (χ4n) is 1.11. The maximum absolute atomic E-state index is 7.87. The van der Waals surface area contributed by atoms with E-state index in [1.54, 1.807) is 10.0 Å². The first-order valence-corrected chi connectivity index (χ1v) is 13.5. The van der Waals surface area contributed by atoms with Crippen molar-refractivity contribution in [3.05, 3.63) is 0 Å². The van der Waals surface area contributed by atoms with Crippen molar-refractivity contribution in [2.24, 2.45) is 11.8 Å².